The fourth-order valence-corrected chi connectivity index (χ4v) is 2.78. The van der Waals surface area contributed by atoms with E-state index in [0.29, 0.717) is 13.0 Å². The van der Waals surface area contributed by atoms with E-state index in [0.717, 1.165) is 25.2 Å². The minimum Gasteiger partial charge on any atom is -0.373 e. The largest absolute Gasteiger partial charge is 0.373 e. The van der Waals surface area contributed by atoms with E-state index in [1.165, 1.54) is 0 Å². The van der Waals surface area contributed by atoms with Gasteiger partial charge in [0, 0.05) is 19.6 Å². The van der Waals surface area contributed by atoms with E-state index in [1.54, 1.807) is 0 Å². The molecule has 0 bridgehead atoms. The van der Waals surface area contributed by atoms with Gasteiger partial charge in [-0.3, -0.25) is 9.69 Å². The van der Waals surface area contributed by atoms with Crippen LogP contribution in [0.2, 0.25) is 0 Å². The van der Waals surface area contributed by atoms with Gasteiger partial charge in [-0.2, -0.15) is 0 Å². The van der Waals surface area contributed by atoms with E-state index in [4.69, 9.17) is 16.2 Å². The van der Waals surface area contributed by atoms with Crippen molar-refractivity contribution in [2.75, 3.05) is 26.2 Å². The topological polar surface area (TPSA) is 81.6 Å². The van der Waals surface area contributed by atoms with E-state index >= 15 is 0 Å². The minimum atomic E-state index is -1.12. The lowest BCUT2D eigenvalue weighted by molar-refractivity contribution is -0.124. The predicted molar refractivity (Wildman–Crippen MR) is 82.6 cm³/mol. The summed E-state index contributed by atoms with van der Waals surface area (Å²) in [5.41, 5.74) is 11.4. The van der Waals surface area contributed by atoms with E-state index in [1.807, 2.05) is 30.3 Å². The first-order chi connectivity index (χ1) is 9.83. The number of nitrogens with two attached hydrogens (primary N) is 2. The molecule has 1 saturated heterocycles. The molecule has 1 aliphatic heterocycles. The molecule has 0 saturated carbocycles. The van der Waals surface area contributed by atoms with Crippen LogP contribution in [0.1, 0.15) is 25.8 Å². The highest BCUT2D eigenvalue weighted by molar-refractivity contribution is 5.85. The molecular formula is C16H25N3O2. The maximum absolute atomic E-state index is 11.9. The molecule has 0 aliphatic carbocycles. The van der Waals surface area contributed by atoms with Gasteiger partial charge in [0.25, 0.3) is 0 Å². The number of amides is 1. The molecule has 1 heterocycles. The molecule has 1 fully saturated rings. The molecule has 4 N–H and O–H groups in total. The summed E-state index contributed by atoms with van der Waals surface area (Å²) in [5, 5.41) is 0. The Labute approximate surface area is 126 Å². The van der Waals surface area contributed by atoms with Crippen LogP contribution in [0.5, 0.6) is 0 Å². The van der Waals surface area contributed by atoms with Crippen molar-refractivity contribution in [1.29, 1.82) is 0 Å². The van der Waals surface area contributed by atoms with Crippen molar-refractivity contribution in [2.24, 2.45) is 11.5 Å². The van der Waals surface area contributed by atoms with Crippen LogP contribution in [-0.2, 0) is 15.1 Å². The molecule has 0 aromatic heterocycles. The van der Waals surface area contributed by atoms with Crippen LogP contribution in [0, 0.1) is 0 Å². The summed E-state index contributed by atoms with van der Waals surface area (Å²) in [6, 6.07) is 9.35. The number of primary amides is 1. The van der Waals surface area contributed by atoms with E-state index in [9.17, 15) is 4.79 Å². The first kappa shape index (κ1) is 15.9. The number of benzene rings is 1. The van der Waals surface area contributed by atoms with Gasteiger partial charge in [0.15, 0.2) is 0 Å². The Bertz CT molecular complexity index is 490. The number of carbonyl (C=O) groups excluding carboxylic acids is 1. The lowest BCUT2D eigenvalue weighted by atomic mass is 9.86. The third-order valence-electron chi connectivity index (χ3n) is 4.06. The molecule has 5 heteroatoms. The molecule has 1 aromatic carbocycles. The molecule has 5 nitrogen and oxygen atoms in total. The van der Waals surface area contributed by atoms with Gasteiger partial charge in [-0.05, 0) is 25.8 Å². The summed E-state index contributed by atoms with van der Waals surface area (Å²) in [7, 11) is 0. The Morgan fingerprint density at radius 1 is 1.38 bits per heavy atom. The fraction of sp³-hybridized carbons (Fsp3) is 0.562. The SMILES string of the molecule is CC1(C)CN(CCC(N)(C(N)=O)c2ccccc2)CCO1. The molecule has 0 spiro atoms. The second kappa shape index (κ2) is 6.13. The summed E-state index contributed by atoms with van der Waals surface area (Å²) in [4.78, 5) is 14.2. The van der Waals surface area contributed by atoms with Gasteiger partial charge in [-0.25, -0.2) is 0 Å². The van der Waals surface area contributed by atoms with E-state index < -0.39 is 11.4 Å². The van der Waals surface area contributed by atoms with Crippen molar-refractivity contribution in [2.45, 2.75) is 31.4 Å². The molecular weight excluding hydrogens is 266 g/mol. The van der Waals surface area contributed by atoms with Gasteiger partial charge in [-0.1, -0.05) is 30.3 Å². The Morgan fingerprint density at radius 3 is 2.62 bits per heavy atom. The normalized spacial score (nSPS) is 21.7. The summed E-state index contributed by atoms with van der Waals surface area (Å²) < 4.78 is 5.70. The average molecular weight is 291 g/mol. The molecule has 1 aliphatic rings. The van der Waals surface area contributed by atoms with Gasteiger partial charge in [0.1, 0.15) is 5.54 Å². The Morgan fingerprint density at radius 2 is 2.05 bits per heavy atom. The Kier molecular flexibility index (Phi) is 4.66. The Hall–Kier alpha value is -1.43. The molecule has 2 rings (SSSR count). The average Bonchev–Trinajstić information content (AvgIpc) is 2.44. The van der Waals surface area contributed by atoms with Crippen LogP contribution in [-0.4, -0.2) is 42.6 Å². The fourth-order valence-electron chi connectivity index (χ4n) is 2.78. The van der Waals surface area contributed by atoms with Crippen LogP contribution < -0.4 is 11.5 Å². The van der Waals surface area contributed by atoms with Crippen LogP contribution in [0.4, 0.5) is 0 Å². The second-order valence-electron chi connectivity index (χ2n) is 6.34. The number of nitrogens with zero attached hydrogens (tertiary/aromatic N) is 1. The number of carbonyl (C=O) groups is 1. The standard InChI is InChI=1S/C16H25N3O2/c1-15(2)12-19(10-11-21-15)9-8-16(18,14(17)20)13-6-4-3-5-7-13/h3-7H,8-12,18H2,1-2H3,(H2,17,20). The molecule has 0 radical (unpaired) electrons. The van der Waals surface area contributed by atoms with Crippen LogP contribution in [0.15, 0.2) is 30.3 Å². The number of hydrogen-bond acceptors (Lipinski definition) is 4. The molecule has 116 valence electrons. The summed E-state index contributed by atoms with van der Waals surface area (Å²) in [6.45, 7) is 7.25. The highest BCUT2D eigenvalue weighted by atomic mass is 16.5. The smallest absolute Gasteiger partial charge is 0.242 e. The van der Waals surface area contributed by atoms with Crippen molar-refractivity contribution >= 4 is 5.91 Å². The van der Waals surface area contributed by atoms with Crippen molar-refractivity contribution in [3.63, 3.8) is 0 Å². The summed E-state index contributed by atoms with van der Waals surface area (Å²) in [5.74, 6) is -0.485. The third-order valence-corrected chi connectivity index (χ3v) is 4.06. The van der Waals surface area contributed by atoms with Crippen LogP contribution >= 0.6 is 0 Å². The number of ether oxygens (including phenoxy) is 1. The zero-order valence-corrected chi connectivity index (χ0v) is 12.8. The lowest BCUT2D eigenvalue weighted by Gasteiger charge is -2.39. The first-order valence-corrected chi connectivity index (χ1v) is 7.34. The van der Waals surface area contributed by atoms with Gasteiger partial charge < -0.3 is 16.2 Å². The molecule has 21 heavy (non-hydrogen) atoms. The van der Waals surface area contributed by atoms with Crippen molar-refractivity contribution in [1.82, 2.24) is 4.90 Å². The monoisotopic (exact) mass is 291 g/mol. The third kappa shape index (κ3) is 3.81. The summed E-state index contributed by atoms with van der Waals surface area (Å²) >= 11 is 0. The van der Waals surface area contributed by atoms with Crippen molar-refractivity contribution < 1.29 is 9.53 Å². The maximum atomic E-state index is 11.9. The van der Waals surface area contributed by atoms with Crippen molar-refractivity contribution in [3.8, 4) is 0 Å². The van der Waals surface area contributed by atoms with Crippen molar-refractivity contribution in [3.05, 3.63) is 35.9 Å². The summed E-state index contributed by atoms with van der Waals surface area (Å²) in [6.07, 6.45) is 0.502. The highest BCUT2D eigenvalue weighted by Crippen LogP contribution is 2.24. The van der Waals surface area contributed by atoms with Gasteiger partial charge >= 0.3 is 0 Å². The highest BCUT2D eigenvalue weighted by Gasteiger charge is 2.35. The predicted octanol–water partition coefficient (Wildman–Crippen LogP) is 0.827. The first-order valence-electron chi connectivity index (χ1n) is 7.34. The van der Waals surface area contributed by atoms with Crippen LogP contribution in [0.25, 0.3) is 0 Å². The molecule has 1 unspecified atom stereocenters. The quantitative estimate of drug-likeness (QED) is 0.842. The number of morpholine rings is 1. The van der Waals surface area contributed by atoms with E-state index in [-0.39, 0.29) is 5.60 Å². The Balaban J connectivity index is 2.06. The zero-order chi connectivity index (χ0) is 15.5. The second-order valence-corrected chi connectivity index (χ2v) is 6.34. The number of hydrogen-bond donors (Lipinski definition) is 2. The van der Waals surface area contributed by atoms with E-state index in [2.05, 4.69) is 18.7 Å². The lowest BCUT2D eigenvalue weighted by Crippen LogP contribution is -2.53. The van der Waals surface area contributed by atoms with Gasteiger partial charge in [0.05, 0.1) is 12.2 Å². The number of rotatable bonds is 5. The van der Waals surface area contributed by atoms with Crippen LogP contribution in [0.3, 0.4) is 0 Å². The molecule has 1 atom stereocenters. The van der Waals surface area contributed by atoms with Gasteiger partial charge in [-0.15, -0.1) is 0 Å². The zero-order valence-electron chi connectivity index (χ0n) is 12.8. The van der Waals surface area contributed by atoms with Gasteiger partial charge in [0.2, 0.25) is 5.91 Å². The maximum Gasteiger partial charge on any atom is 0.242 e. The minimum absolute atomic E-state index is 0.158. The molecule has 1 amide bonds. The molecule has 1 aromatic rings.